The maximum absolute atomic E-state index is 14.4. The third-order valence-corrected chi connectivity index (χ3v) is 20.3. The molecule has 20 atom stereocenters. The van der Waals surface area contributed by atoms with E-state index in [0.717, 1.165) is 50.1 Å². The van der Waals surface area contributed by atoms with Gasteiger partial charge in [-0.05, 0) is 83.3 Å². The van der Waals surface area contributed by atoms with Crippen LogP contribution in [0.15, 0.2) is 278 Å². The van der Waals surface area contributed by atoms with Crippen molar-refractivity contribution in [2.45, 2.75) is 210 Å². The minimum atomic E-state index is -1.53. The Hall–Kier alpha value is -9.08. The van der Waals surface area contributed by atoms with Crippen molar-refractivity contribution in [1.82, 2.24) is 4.90 Å². The molecule has 588 valence electrons. The highest BCUT2D eigenvalue weighted by Crippen LogP contribution is 2.41. The molecule has 0 spiro atoms. The fourth-order valence-electron chi connectivity index (χ4n) is 14.4. The van der Waals surface area contributed by atoms with Crippen molar-refractivity contribution in [3.63, 3.8) is 0 Å². The first-order valence-corrected chi connectivity index (χ1v) is 38.5. The molecule has 4 fully saturated rings. The second-order valence-corrected chi connectivity index (χ2v) is 28.5. The molecule has 4 aliphatic heterocycles. The molecule has 1 N–H and O–H groups in total. The number of nitrogens with zero attached hydrogens (tertiary/aromatic N) is 4. The number of ether oxygens (including phenoxy) is 16. The molecule has 0 radical (unpaired) electrons. The Morgan fingerprint density at radius 1 is 0.339 bits per heavy atom. The third-order valence-electron chi connectivity index (χ3n) is 20.3. The van der Waals surface area contributed by atoms with Gasteiger partial charge in [-0.3, -0.25) is 0 Å². The van der Waals surface area contributed by atoms with E-state index in [1.807, 2.05) is 294 Å². The van der Waals surface area contributed by atoms with E-state index in [0.29, 0.717) is 0 Å². The number of carbonyl (C=O) groups is 1. The lowest BCUT2D eigenvalue weighted by molar-refractivity contribution is -0.400. The van der Waals surface area contributed by atoms with Gasteiger partial charge in [-0.2, -0.15) is 0 Å². The van der Waals surface area contributed by atoms with Crippen molar-refractivity contribution >= 4 is 6.09 Å². The van der Waals surface area contributed by atoms with Gasteiger partial charge in [0.15, 0.2) is 25.2 Å². The molecule has 9 aromatic rings. The van der Waals surface area contributed by atoms with Gasteiger partial charge in [0.2, 0.25) is 0 Å². The lowest BCUT2D eigenvalue weighted by Crippen LogP contribution is -2.67. The van der Waals surface area contributed by atoms with Crippen molar-refractivity contribution < 1.29 is 85.7 Å². The first-order chi connectivity index (χ1) is 55.0. The average molecular weight is 1530 g/mol. The number of hydrogen-bond acceptors (Lipinski definition) is 19. The fraction of sp³-hybridized carbons (Fsp3) is 0.389. The highest BCUT2D eigenvalue weighted by Gasteiger charge is 2.58. The first-order valence-electron chi connectivity index (χ1n) is 38.5. The van der Waals surface area contributed by atoms with E-state index in [2.05, 4.69) is 10.0 Å². The molecule has 22 nitrogen and oxygen atoms in total. The van der Waals surface area contributed by atoms with E-state index in [4.69, 9.17) is 75.8 Å². The van der Waals surface area contributed by atoms with Crippen LogP contribution in [-0.2, 0) is 135 Å². The van der Waals surface area contributed by atoms with Crippen molar-refractivity contribution in [3.8, 4) is 0 Å². The Labute approximate surface area is 655 Å². The SMILES string of the molecule is C[C@@H]1O[C@@H](O[C@@H]2[C@@H](OCc3ccccc3)[C@H](C)O[C@@H](O[C@H]3[C@H](OCCN(Cc4ccccc4)C(=O)OCc4ccccc4)O[C@@H](C)[C@H](OCc4ccccc4)[C@H]3OCc3ccccc3)[C@@H]2OCc2ccccc2)[C@H](OCc2ccccc2)[C@H](O[C@@H]2O[C@H](C)[C@@H](N=[N+]=[N-])[C@H](OCc3ccccc3)[C@H]2O)[C@H]1OCc1ccccc1. The van der Waals surface area contributed by atoms with Crippen LogP contribution < -0.4 is 0 Å². The van der Waals surface area contributed by atoms with Gasteiger partial charge in [-0.1, -0.05) is 278 Å². The van der Waals surface area contributed by atoms with Gasteiger partial charge in [0.25, 0.3) is 0 Å². The second-order valence-electron chi connectivity index (χ2n) is 28.5. The molecular formula is C90H100N4O18. The molecule has 13 rings (SSSR count). The quantitative estimate of drug-likeness (QED) is 0.0218. The first kappa shape index (κ1) is 81.0. The van der Waals surface area contributed by atoms with E-state index >= 15 is 0 Å². The zero-order valence-corrected chi connectivity index (χ0v) is 63.5. The molecule has 4 aliphatic rings. The minimum Gasteiger partial charge on any atom is -0.445 e. The number of rotatable bonds is 36. The minimum absolute atomic E-state index is 0.0245. The van der Waals surface area contributed by atoms with Crippen LogP contribution in [0, 0.1) is 0 Å². The molecule has 0 bridgehead atoms. The van der Waals surface area contributed by atoms with Crippen LogP contribution in [0.1, 0.15) is 77.8 Å². The summed E-state index contributed by atoms with van der Waals surface area (Å²) < 4.78 is 114. The average Bonchev–Trinajstić information content (AvgIpc) is 0.743. The monoisotopic (exact) mass is 1520 g/mol. The molecule has 4 heterocycles. The molecule has 0 saturated carbocycles. The number of aliphatic hydroxyl groups is 1. The summed E-state index contributed by atoms with van der Waals surface area (Å²) in [5, 5.41) is 16.8. The summed E-state index contributed by atoms with van der Waals surface area (Å²) in [6.07, 6.45) is -21.4. The lowest BCUT2D eigenvalue weighted by Gasteiger charge is -2.52. The zero-order valence-electron chi connectivity index (χ0n) is 63.5. The molecular weight excluding hydrogens is 1420 g/mol. The summed E-state index contributed by atoms with van der Waals surface area (Å²) in [7, 11) is 0. The summed E-state index contributed by atoms with van der Waals surface area (Å²) in [5.41, 5.74) is 17.7. The standard InChI is InChI=1S/C90H100N4O18/c1-61-74(92-93-91)79(101-56-69-40-22-9-23-41-69)75(95)86(106-61)110-81-77(99-54-67-36-18-7-19-37-67)63(3)108-88(83(81)103-58-71-44-26-11-27-45-71)111-82-78(100-55-68-38-20-8-21-39-68)64(4)109-89(84(82)104-59-72-46-28-12-29-47-72)112-85-80(102-57-70-42-24-10-25-43-70)76(98-53-66-34-16-6-17-35-66)62(2)107-87(85)97-51-50-94(52-65-32-14-5-15-33-65)90(96)105-60-73-48-30-13-31-49-73/h5-49,61-64,74-89,95H,50-60H2,1-4H3/t61-,62+,63+,64+,74-,75-,76+,77+,78+,79+,80-,81-,82-,83-,84-,85-,86+,87-,88+,89+/m1/s1. The predicted octanol–water partition coefficient (Wildman–Crippen LogP) is 15.1. The summed E-state index contributed by atoms with van der Waals surface area (Å²) >= 11 is 0. The molecule has 112 heavy (non-hydrogen) atoms. The van der Waals surface area contributed by atoms with Gasteiger partial charge >= 0.3 is 6.09 Å². The highest BCUT2D eigenvalue weighted by molar-refractivity contribution is 5.67. The Morgan fingerprint density at radius 2 is 0.625 bits per heavy atom. The Bertz CT molecular complexity index is 4240. The topological polar surface area (TPSA) is 237 Å². The number of carbonyl (C=O) groups excluding carboxylic acids is 1. The van der Waals surface area contributed by atoms with Crippen molar-refractivity contribution in [1.29, 1.82) is 0 Å². The Kier molecular flexibility index (Phi) is 30.1. The molecule has 0 aromatic heterocycles. The van der Waals surface area contributed by atoms with Gasteiger partial charge in [-0.15, -0.1) is 0 Å². The summed E-state index contributed by atoms with van der Waals surface area (Å²) in [6.45, 7) is 8.42. The second kappa shape index (κ2) is 41.6. The van der Waals surface area contributed by atoms with Gasteiger partial charge in [0, 0.05) is 18.0 Å². The maximum Gasteiger partial charge on any atom is 0.410 e. The van der Waals surface area contributed by atoms with E-state index < -0.39 is 129 Å². The summed E-state index contributed by atoms with van der Waals surface area (Å²) in [6, 6.07) is 86.5. The van der Waals surface area contributed by atoms with E-state index in [1.54, 1.807) is 11.8 Å². The Balaban J connectivity index is 0.894. The molecule has 1 amide bonds. The largest absolute Gasteiger partial charge is 0.445 e. The van der Waals surface area contributed by atoms with Crippen molar-refractivity contribution in [2.75, 3.05) is 13.2 Å². The van der Waals surface area contributed by atoms with Gasteiger partial charge in [0.1, 0.15) is 67.6 Å². The van der Waals surface area contributed by atoms with Gasteiger partial charge < -0.3 is 85.8 Å². The van der Waals surface area contributed by atoms with Crippen LogP contribution in [0.2, 0.25) is 0 Å². The van der Waals surface area contributed by atoms with Gasteiger partial charge in [-0.25, -0.2) is 4.79 Å². The molecule has 0 unspecified atom stereocenters. The van der Waals surface area contributed by atoms with Gasteiger partial charge in [0.05, 0.1) is 89.4 Å². The fourth-order valence-corrected chi connectivity index (χ4v) is 14.4. The lowest BCUT2D eigenvalue weighted by atomic mass is 9.95. The molecule has 4 saturated heterocycles. The van der Waals surface area contributed by atoms with Crippen LogP contribution in [0.4, 0.5) is 4.79 Å². The molecule has 22 heteroatoms. The van der Waals surface area contributed by atoms with E-state index in [9.17, 15) is 15.4 Å². The zero-order chi connectivity index (χ0) is 77.2. The number of amides is 1. The number of aliphatic hydroxyl groups excluding tert-OH is 1. The molecule has 9 aromatic carbocycles. The molecule has 0 aliphatic carbocycles. The smallest absolute Gasteiger partial charge is 0.410 e. The van der Waals surface area contributed by atoms with Crippen LogP contribution in [0.25, 0.3) is 10.4 Å². The third kappa shape index (κ3) is 22.4. The van der Waals surface area contributed by atoms with Crippen LogP contribution in [0.5, 0.6) is 0 Å². The number of azide groups is 1. The van der Waals surface area contributed by atoms with Crippen molar-refractivity contribution in [3.05, 3.63) is 334 Å². The summed E-state index contributed by atoms with van der Waals surface area (Å²) in [4.78, 5) is 19.1. The summed E-state index contributed by atoms with van der Waals surface area (Å²) in [5.74, 6) is 0. The van der Waals surface area contributed by atoms with E-state index in [1.165, 1.54) is 0 Å². The van der Waals surface area contributed by atoms with Crippen LogP contribution >= 0.6 is 0 Å². The van der Waals surface area contributed by atoms with Crippen LogP contribution in [-0.4, -0.2) is 152 Å². The Morgan fingerprint density at radius 3 is 0.991 bits per heavy atom. The van der Waals surface area contributed by atoms with Crippen LogP contribution in [0.3, 0.4) is 0 Å². The van der Waals surface area contributed by atoms with E-state index in [-0.39, 0.29) is 72.6 Å². The highest BCUT2D eigenvalue weighted by atomic mass is 16.8. The van der Waals surface area contributed by atoms with Crippen molar-refractivity contribution in [2.24, 2.45) is 5.11 Å². The normalized spacial score (nSPS) is 27.8. The maximum atomic E-state index is 14.4. The number of hydrogen-bond donors (Lipinski definition) is 1. The number of benzene rings is 9. The predicted molar refractivity (Wildman–Crippen MR) is 415 cm³/mol.